The van der Waals surface area contributed by atoms with E-state index in [1.807, 2.05) is 20.8 Å². The van der Waals surface area contributed by atoms with Crippen LogP contribution in [0.25, 0.3) is 0 Å². The number of nitrogens with two attached hydrogens (primary N) is 1. The Labute approximate surface area is 96.6 Å². The summed E-state index contributed by atoms with van der Waals surface area (Å²) in [5.74, 6) is -0.239. The summed E-state index contributed by atoms with van der Waals surface area (Å²) in [5, 5.41) is 0. The van der Waals surface area contributed by atoms with Gasteiger partial charge in [0.25, 0.3) is 0 Å². The van der Waals surface area contributed by atoms with Gasteiger partial charge >= 0.3 is 0 Å². The maximum Gasteiger partial charge on any atom is 0.123 e. The number of ether oxygens (including phenoxy) is 1. The summed E-state index contributed by atoms with van der Waals surface area (Å²) >= 11 is 0. The summed E-state index contributed by atoms with van der Waals surface area (Å²) in [5.41, 5.74) is 6.95. The van der Waals surface area contributed by atoms with Crippen LogP contribution in [0.4, 0.5) is 4.39 Å². The predicted molar refractivity (Wildman–Crippen MR) is 63.6 cm³/mol. The molecule has 2 atom stereocenters. The van der Waals surface area contributed by atoms with Gasteiger partial charge in [0.05, 0.1) is 12.2 Å². The van der Waals surface area contributed by atoms with E-state index in [-0.39, 0.29) is 24.1 Å². The lowest BCUT2D eigenvalue weighted by molar-refractivity contribution is -0.00901. The first-order chi connectivity index (χ1) is 7.54. The monoisotopic (exact) mass is 225 g/mol. The molecule has 0 fully saturated rings. The van der Waals surface area contributed by atoms with E-state index in [9.17, 15) is 4.39 Å². The Morgan fingerprint density at radius 3 is 2.25 bits per heavy atom. The number of benzene rings is 1. The van der Waals surface area contributed by atoms with E-state index >= 15 is 0 Å². The van der Waals surface area contributed by atoms with Crippen molar-refractivity contribution in [1.29, 1.82) is 0 Å². The molecule has 0 aliphatic rings. The molecule has 0 saturated heterocycles. The minimum absolute atomic E-state index is 0.0622. The van der Waals surface area contributed by atoms with Gasteiger partial charge in [-0.15, -0.1) is 0 Å². The van der Waals surface area contributed by atoms with Crippen molar-refractivity contribution in [3.8, 4) is 0 Å². The Morgan fingerprint density at radius 2 is 1.81 bits per heavy atom. The largest absolute Gasteiger partial charge is 0.369 e. The zero-order chi connectivity index (χ0) is 12.1. The molecule has 2 nitrogen and oxygen atoms in total. The zero-order valence-electron chi connectivity index (χ0n) is 10.1. The van der Waals surface area contributed by atoms with Gasteiger partial charge in [0, 0.05) is 6.04 Å². The first-order valence-corrected chi connectivity index (χ1v) is 5.71. The highest BCUT2D eigenvalue weighted by Crippen LogP contribution is 2.23. The van der Waals surface area contributed by atoms with Crippen molar-refractivity contribution < 1.29 is 9.13 Å². The van der Waals surface area contributed by atoms with Gasteiger partial charge in [-0.3, -0.25) is 0 Å². The summed E-state index contributed by atoms with van der Waals surface area (Å²) in [6, 6.07) is 6.28. The van der Waals surface area contributed by atoms with Gasteiger partial charge in [-0.05, 0) is 38.0 Å². The Bertz CT molecular complexity index is 310. The van der Waals surface area contributed by atoms with Crippen LogP contribution in [0.2, 0.25) is 0 Å². The van der Waals surface area contributed by atoms with Crippen molar-refractivity contribution in [3.05, 3.63) is 35.6 Å². The maximum atomic E-state index is 12.8. The molecule has 0 aliphatic heterocycles. The number of hydrogen-bond acceptors (Lipinski definition) is 2. The molecule has 0 aromatic heterocycles. The van der Waals surface area contributed by atoms with E-state index in [2.05, 4.69) is 0 Å². The molecule has 2 N–H and O–H groups in total. The first-order valence-electron chi connectivity index (χ1n) is 5.71. The standard InChI is InChI=1S/C13H20FNO/c1-4-12(15)13(16-9(2)3)10-5-7-11(14)8-6-10/h5-9,12-13H,4,15H2,1-3H3. The van der Waals surface area contributed by atoms with Gasteiger partial charge in [0.1, 0.15) is 5.82 Å². The fraction of sp³-hybridized carbons (Fsp3) is 0.538. The molecular formula is C13H20FNO. The number of rotatable bonds is 5. The van der Waals surface area contributed by atoms with Crippen molar-refractivity contribution in [2.75, 3.05) is 0 Å². The van der Waals surface area contributed by atoms with Crippen LogP contribution in [0.1, 0.15) is 38.9 Å². The highest BCUT2D eigenvalue weighted by molar-refractivity contribution is 5.20. The molecule has 1 aromatic carbocycles. The van der Waals surface area contributed by atoms with Gasteiger partial charge in [-0.2, -0.15) is 0 Å². The Balaban J connectivity index is 2.87. The smallest absolute Gasteiger partial charge is 0.123 e. The maximum absolute atomic E-state index is 12.8. The van der Waals surface area contributed by atoms with Gasteiger partial charge in [0.15, 0.2) is 0 Å². The quantitative estimate of drug-likeness (QED) is 0.836. The van der Waals surface area contributed by atoms with E-state index < -0.39 is 0 Å². The molecule has 0 saturated carbocycles. The minimum atomic E-state index is -0.239. The summed E-state index contributed by atoms with van der Waals surface area (Å²) in [4.78, 5) is 0. The topological polar surface area (TPSA) is 35.2 Å². The highest BCUT2D eigenvalue weighted by atomic mass is 19.1. The third kappa shape index (κ3) is 3.58. The van der Waals surface area contributed by atoms with Crippen molar-refractivity contribution >= 4 is 0 Å². The van der Waals surface area contributed by atoms with E-state index in [1.165, 1.54) is 12.1 Å². The lowest BCUT2D eigenvalue weighted by Gasteiger charge is -2.25. The number of hydrogen-bond donors (Lipinski definition) is 1. The van der Waals surface area contributed by atoms with Crippen LogP contribution in [0.15, 0.2) is 24.3 Å². The zero-order valence-corrected chi connectivity index (χ0v) is 10.1. The Kier molecular flexibility index (Phi) is 4.90. The summed E-state index contributed by atoms with van der Waals surface area (Å²) < 4.78 is 18.6. The predicted octanol–water partition coefficient (Wildman–Crippen LogP) is 3.03. The minimum Gasteiger partial charge on any atom is -0.369 e. The fourth-order valence-electron chi connectivity index (χ4n) is 1.59. The molecule has 2 unspecified atom stereocenters. The van der Waals surface area contributed by atoms with Crippen LogP contribution < -0.4 is 5.73 Å². The van der Waals surface area contributed by atoms with Crippen molar-refractivity contribution in [1.82, 2.24) is 0 Å². The highest BCUT2D eigenvalue weighted by Gasteiger charge is 2.20. The normalized spacial score (nSPS) is 15.1. The molecule has 0 radical (unpaired) electrons. The lowest BCUT2D eigenvalue weighted by atomic mass is 10.0. The van der Waals surface area contributed by atoms with E-state index in [4.69, 9.17) is 10.5 Å². The van der Waals surface area contributed by atoms with Gasteiger partial charge in [-0.1, -0.05) is 19.1 Å². The second-order valence-corrected chi connectivity index (χ2v) is 4.23. The molecule has 0 spiro atoms. The molecule has 90 valence electrons. The second-order valence-electron chi connectivity index (χ2n) is 4.23. The molecule has 1 aromatic rings. The van der Waals surface area contributed by atoms with Gasteiger partial charge < -0.3 is 10.5 Å². The number of halogens is 1. The Morgan fingerprint density at radius 1 is 1.25 bits per heavy atom. The molecule has 0 aliphatic carbocycles. The van der Waals surface area contributed by atoms with Crippen LogP contribution in [-0.2, 0) is 4.74 Å². The second kappa shape index (κ2) is 5.97. The van der Waals surface area contributed by atoms with Crippen molar-refractivity contribution in [2.45, 2.75) is 45.4 Å². The van der Waals surface area contributed by atoms with E-state index in [0.29, 0.717) is 0 Å². The third-order valence-electron chi connectivity index (χ3n) is 2.48. The van der Waals surface area contributed by atoms with E-state index in [0.717, 1.165) is 12.0 Å². The SMILES string of the molecule is CCC(N)C(OC(C)C)c1ccc(F)cc1. The average Bonchev–Trinajstić information content (AvgIpc) is 2.26. The molecule has 16 heavy (non-hydrogen) atoms. The van der Waals surface area contributed by atoms with Crippen LogP contribution in [0, 0.1) is 5.82 Å². The van der Waals surface area contributed by atoms with Gasteiger partial charge in [-0.25, -0.2) is 4.39 Å². The molecule has 0 heterocycles. The average molecular weight is 225 g/mol. The summed E-state index contributed by atoms with van der Waals surface area (Å²) in [6.45, 7) is 5.96. The molecule has 3 heteroatoms. The van der Waals surface area contributed by atoms with E-state index in [1.54, 1.807) is 12.1 Å². The fourth-order valence-corrected chi connectivity index (χ4v) is 1.59. The van der Waals surface area contributed by atoms with Crippen molar-refractivity contribution in [3.63, 3.8) is 0 Å². The van der Waals surface area contributed by atoms with Crippen LogP contribution in [0.5, 0.6) is 0 Å². The molecule has 0 bridgehead atoms. The van der Waals surface area contributed by atoms with Crippen LogP contribution in [-0.4, -0.2) is 12.1 Å². The van der Waals surface area contributed by atoms with Gasteiger partial charge in [0.2, 0.25) is 0 Å². The molecular weight excluding hydrogens is 205 g/mol. The van der Waals surface area contributed by atoms with Crippen LogP contribution in [0.3, 0.4) is 0 Å². The third-order valence-corrected chi connectivity index (χ3v) is 2.48. The molecule has 0 amide bonds. The summed E-state index contributed by atoms with van der Waals surface area (Å²) in [6.07, 6.45) is 0.771. The Hall–Kier alpha value is -0.930. The summed E-state index contributed by atoms with van der Waals surface area (Å²) in [7, 11) is 0. The molecule has 1 rings (SSSR count). The first kappa shape index (κ1) is 13.1. The van der Waals surface area contributed by atoms with Crippen LogP contribution >= 0.6 is 0 Å². The lowest BCUT2D eigenvalue weighted by Crippen LogP contribution is -2.31. The van der Waals surface area contributed by atoms with Crippen molar-refractivity contribution in [2.24, 2.45) is 5.73 Å².